The first-order valence-electron chi connectivity index (χ1n) is 9.34. The van der Waals surface area contributed by atoms with Crippen LogP contribution in [-0.4, -0.2) is 31.9 Å². The van der Waals surface area contributed by atoms with Crippen LogP contribution in [0.3, 0.4) is 0 Å². The number of methoxy groups -OCH3 is 1. The molecule has 0 aliphatic rings. The van der Waals surface area contributed by atoms with Gasteiger partial charge in [0.25, 0.3) is 0 Å². The fourth-order valence-corrected chi connectivity index (χ4v) is 2.73. The third kappa shape index (κ3) is 5.07. The standard InChI is InChI=1S/C22H24N2O5/c1-5-27-17-7-9-18-16(11-17)12-21(29-18)22(25)24-23-13-15-6-8-19(28-14(2)3)20(10-15)26-4/h6-14H,5H2,1-4H3,(H,24,25)/b23-13+. The largest absolute Gasteiger partial charge is 0.494 e. The smallest absolute Gasteiger partial charge is 0.307 e. The Morgan fingerprint density at radius 2 is 2.00 bits per heavy atom. The van der Waals surface area contributed by atoms with Gasteiger partial charge in [0.05, 0.1) is 26.0 Å². The molecule has 0 fully saturated rings. The SMILES string of the molecule is CCOc1ccc2oc(C(=O)N/N=C/c3ccc(OC(C)C)c(OC)c3)cc2c1. The van der Waals surface area contributed by atoms with Crippen molar-refractivity contribution in [2.24, 2.45) is 5.10 Å². The van der Waals surface area contributed by atoms with E-state index in [4.69, 9.17) is 18.6 Å². The Kier molecular flexibility index (Phi) is 6.39. The molecule has 1 heterocycles. The quantitative estimate of drug-likeness (QED) is 0.451. The predicted octanol–water partition coefficient (Wildman–Crippen LogP) is 4.39. The van der Waals surface area contributed by atoms with Crippen LogP contribution >= 0.6 is 0 Å². The normalized spacial score (nSPS) is 11.2. The summed E-state index contributed by atoms with van der Waals surface area (Å²) in [6, 6.07) is 12.5. The van der Waals surface area contributed by atoms with Gasteiger partial charge in [-0.2, -0.15) is 5.10 Å². The zero-order valence-electron chi connectivity index (χ0n) is 16.9. The molecule has 1 aromatic heterocycles. The minimum atomic E-state index is -0.442. The number of nitrogens with zero attached hydrogens (tertiary/aromatic N) is 1. The zero-order valence-corrected chi connectivity index (χ0v) is 16.9. The minimum Gasteiger partial charge on any atom is -0.494 e. The van der Waals surface area contributed by atoms with Gasteiger partial charge in [-0.05, 0) is 68.8 Å². The molecule has 0 saturated heterocycles. The number of hydrazone groups is 1. The number of amides is 1. The van der Waals surface area contributed by atoms with E-state index in [1.807, 2.05) is 32.9 Å². The molecule has 152 valence electrons. The van der Waals surface area contributed by atoms with Gasteiger partial charge in [-0.15, -0.1) is 0 Å². The second-order valence-corrected chi connectivity index (χ2v) is 6.52. The summed E-state index contributed by atoms with van der Waals surface area (Å²) in [4.78, 5) is 12.3. The summed E-state index contributed by atoms with van der Waals surface area (Å²) in [6.45, 7) is 6.37. The average molecular weight is 396 g/mol. The molecule has 0 radical (unpaired) electrons. The molecule has 0 aliphatic carbocycles. The minimum absolute atomic E-state index is 0.0381. The van der Waals surface area contributed by atoms with Crippen molar-refractivity contribution in [3.05, 3.63) is 53.8 Å². The van der Waals surface area contributed by atoms with Crippen LogP contribution in [0.25, 0.3) is 11.0 Å². The molecule has 7 nitrogen and oxygen atoms in total. The molecule has 0 atom stereocenters. The van der Waals surface area contributed by atoms with Gasteiger partial charge in [0.1, 0.15) is 11.3 Å². The third-order valence-electron chi connectivity index (χ3n) is 3.95. The fraction of sp³-hybridized carbons (Fsp3) is 0.273. The Balaban J connectivity index is 1.68. The van der Waals surface area contributed by atoms with Gasteiger partial charge in [-0.3, -0.25) is 4.79 Å². The van der Waals surface area contributed by atoms with Crippen LogP contribution in [0.5, 0.6) is 17.2 Å². The van der Waals surface area contributed by atoms with Gasteiger partial charge < -0.3 is 18.6 Å². The van der Waals surface area contributed by atoms with E-state index >= 15 is 0 Å². The van der Waals surface area contributed by atoms with Gasteiger partial charge in [0, 0.05) is 5.39 Å². The zero-order chi connectivity index (χ0) is 20.8. The first-order valence-corrected chi connectivity index (χ1v) is 9.34. The van der Waals surface area contributed by atoms with Crippen molar-refractivity contribution < 1.29 is 23.4 Å². The monoisotopic (exact) mass is 396 g/mol. The molecular weight excluding hydrogens is 372 g/mol. The van der Waals surface area contributed by atoms with Gasteiger partial charge in [0.15, 0.2) is 17.3 Å². The lowest BCUT2D eigenvalue weighted by Crippen LogP contribution is -2.16. The first-order chi connectivity index (χ1) is 14.0. The number of rotatable bonds is 8. The summed E-state index contributed by atoms with van der Waals surface area (Å²) in [5.74, 6) is 1.70. The van der Waals surface area contributed by atoms with Crippen LogP contribution < -0.4 is 19.6 Å². The van der Waals surface area contributed by atoms with E-state index in [1.54, 1.807) is 37.4 Å². The highest BCUT2D eigenvalue weighted by molar-refractivity contribution is 5.96. The molecular formula is C22H24N2O5. The summed E-state index contributed by atoms with van der Waals surface area (Å²) in [7, 11) is 1.57. The number of carbonyl (C=O) groups excluding carboxylic acids is 1. The highest BCUT2D eigenvalue weighted by atomic mass is 16.5. The maximum absolute atomic E-state index is 12.3. The van der Waals surface area contributed by atoms with Crippen molar-refractivity contribution in [2.75, 3.05) is 13.7 Å². The number of carbonyl (C=O) groups is 1. The van der Waals surface area contributed by atoms with E-state index in [0.29, 0.717) is 23.7 Å². The lowest BCUT2D eigenvalue weighted by molar-refractivity contribution is 0.0929. The number of benzene rings is 2. The molecule has 0 saturated carbocycles. The molecule has 3 rings (SSSR count). The number of nitrogens with one attached hydrogen (secondary N) is 1. The number of hydrogen-bond acceptors (Lipinski definition) is 6. The number of furan rings is 1. The second kappa shape index (κ2) is 9.14. The molecule has 0 spiro atoms. The van der Waals surface area contributed by atoms with Crippen LogP contribution in [0.2, 0.25) is 0 Å². The van der Waals surface area contributed by atoms with Crippen LogP contribution in [-0.2, 0) is 0 Å². The van der Waals surface area contributed by atoms with E-state index in [9.17, 15) is 4.79 Å². The van der Waals surface area contributed by atoms with E-state index < -0.39 is 5.91 Å². The second-order valence-electron chi connectivity index (χ2n) is 6.52. The Bertz CT molecular complexity index is 1020. The van der Waals surface area contributed by atoms with Crippen LogP contribution in [0, 0.1) is 0 Å². The molecule has 7 heteroatoms. The lowest BCUT2D eigenvalue weighted by atomic mass is 10.2. The Morgan fingerprint density at radius 1 is 1.17 bits per heavy atom. The van der Waals surface area contributed by atoms with Crippen molar-refractivity contribution in [1.82, 2.24) is 5.43 Å². The molecule has 2 aromatic carbocycles. The molecule has 3 aromatic rings. The summed E-state index contributed by atoms with van der Waals surface area (Å²) in [6.07, 6.45) is 1.56. The summed E-state index contributed by atoms with van der Waals surface area (Å²) < 4.78 is 22.1. The van der Waals surface area contributed by atoms with E-state index in [2.05, 4.69) is 10.5 Å². The third-order valence-corrected chi connectivity index (χ3v) is 3.95. The van der Waals surface area contributed by atoms with E-state index in [-0.39, 0.29) is 11.9 Å². The molecule has 0 aliphatic heterocycles. The maximum Gasteiger partial charge on any atom is 0.307 e. The van der Waals surface area contributed by atoms with Crippen LogP contribution in [0.4, 0.5) is 0 Å². The molecule has 1 N–H and O–H groups in total. The molecule has 29 heavy (non-hydrogen) atoms. The van der Waals surface area contributed by atoms with Gasteiger partial charge >= 0.3 is 5.91 Å². The van der Waals surface area contributed by atoms with Crippen molar-refractivity contribution in [1.29, 1.82) is 0 Å². The number of ether oxygens (including phenoxy) is 3. The Morgan fingerprint density at radius 3 is 2.72 bits per heavy atom. The number of hydrogen-bond donors (Lipinski definition) is 1. The molecule has 0 bridgehead atoms. The average Bonchev–Trinajstić information content (AvgIpc) is 3.12. The van der Waals surface area contributed by atoms with Gasteiger partial charge in [-0.25, -0.2) is 5.43 Å². The predicted molar refractivity (Wildman–Crippen MR) is 111 cm³/mol. The van der Waals surface area contributed by atoms with Crippen molar-refractivity contribution in [2.45, 2.75) is 26.9 Å². The fourth-order valence-electron chi connectivity index (χ4n) is 2.73. The Hall–Kier alpha value is -3.48. The van der Waals surface area contributed by atoms with Gasteiger partial charge in [-0.1, -0.05) is 0 Å². The van der Waals surface area contributed by atoms with Crippen LogP contribution in [0.1, 0.15) is 36.9 Å². The van der Waals surface area contributed by atoms with E-state index in [0.717, 1.165) is 16.7 Å². The topological polar surface area (TPSA) is 82.3 Å². The van der Waals surface area contributed by atoms with Crippen LogP contribution in [0.15, 0.2) is 52.0 Å². The maximum atomic E-state index is 12.3. The highest BCUT2D eigenvalue weighted by Crippen LogP contribution is 2.28. The first kappa shape index (κ1) is 20.3. The van der Waals surface area contributed by atoms with Crippen molar-refractivity contribution >= 4 is 23.1 Å². The lowest BCUT2D eigenvalue weighted by Gasteiger charge is -2.13. The summed E-state index contributed by atoms with van der Waals surface area (Å²) in [5, 5.41) is 4.78. The van der Waals surface area contributed by atoms with Crippen molar-refractivity contribution in [3.8, 4) is 17.2 Å². The summed E-state index contributed by atoms with van der Waals surface area (Å²) in [5.41, 5.74) is 3.82. The molecule has 0 unspecified atom stereocenters. The number of fused-ring (bicyclic) bond motifs is 1. The summed E-state index contributed by atoms with van der Waals surface area (Å²) >= 11 is 0. The highest BCUT2D eigenvalue weighted by Gasteiger charge is 2.12. The Labute approximate surface area is 169 Å². The van der Waals surface area contributed by atoms with Gasteiger partial charge in [0.2, 0.25) is 0 Å². The molecule has 1 amide bonds. The van der Waals surface area contributed by atoms with Crippen molar-refractivity contribution in [3.63, 3.8) is 0 Å². The van der Waals surface area contributed by atoms with E-state index in [1.165, 1.54) is 6.21 Å².